The first-order valence-electron chi connectivity index (χ1n) is 7.93. The summed E-state index contributed by atoms with van der Waals surface area (Å²) in [6.45, 7) is -0.545. The van der Waals surface area contributed by atoms with Crippen LogP contribution in [0.5, 0.6) is 0 Å². The maximum absolute atomic E-state index is 12.0. The molecule has 0 radical (unpaired) electrons. The number of thioether (sulfide) groups is 1. The normalized spacial score (nSPS) is 25.4. The fraction of sp³-hybridized carbons (Fsp3) is 0.438. The molecule has 2 saturated heterocycles. The Morgan fingerprint density at radius 2 is 1.96 bits per heavy atom. The second-order valence-electron chi connectivity index (χ2n) is 6.09. The van der Waals surface area contributed by atoms with Gasteiger partial charge in [-0.15, -0.1) is 0 Å². The summed E-state index contributed by atoms with van der Waals surface area (Å²) >= 11 is 1.28. The third-order valence-corrected chi connectivity index (χ3v) is 7.29. The number of carboxylic acids is 1. The van der Waals surface area contributed by atoms with Crippen LogP contribution in [0.25, 0.3) is 0 Å². The van der Waals surface area contributed by atoms with Crippen LogP contribution in [0.3, 0.4) is 0 Å². The van der Waals surface area contributed by atoms with E-state index < -0.39 is 34.9 Å². The molecular formula is C16H18N2O6S2. The molecule has 2 heterocycles. The minimum Gasteiger partial charge on any atom is -0.480 e. The van der Waals surface area contributed by atoms with Gasteiger partial charge < -0.3 is 14.7 Å². The predicted octanol–water partition coefficient (Wildman–Crippen LogP) is 0.385. The molecule has 1 aromatic carbocycles. The van der Waals surface area contributed by atoms with Crippen LogP contribution < -0.4 is 0 Å². The van der Waals surface area contributed by atoms with Gasteiger partial charge in [-0.05, 0) is 5.56 Å². The quantitative estimate of drug-likeness (QED) is 0.732. The number of fused-ring (bicyclic) bond motifs is 1. The Hall–Kier alpha value is -1.91. The maximum Gasteiger partial charge on any atom is 0.329 e. The monoisotopic (exact) mass is 398 g/mol. The molecule has 140 valence electrons. The van der Waals surface area contributed by atoms with Gasteiger partial charge in [-0.2, -0.15) is 4.99 Å². The lowest BCUT2D eigenvalue weighted by Gasteiger charge is -2.24. The lowest BCUT2D eigenvalue weighted by molar-refractivity contribution is -0.143. The van der Waals surface area contributed by atoms with Gasteiger partial charge >= 0.3 is 5.97 Å². The molecule has 2 atom stereocenters. The van der Waals surface area contributed by atoms with Crippen LogP contribution >= 0.6 is 11.8 Å². The molecule has 26 heavy (non-hydrogen) atoms. The SMILES string of the molecule is O=C(O)COCC(=O)N=C1S[C@H]2CS(=O)(=O)C[C@H]2N1Cc1ccccc1. The molecule has 0 spiro atoms. The van der Waals surface area contributed by atoms with Gasteiger partial charge in [0.1, 0.15) is 13.2 Å². The van der Waals surface area contributed by atoms with Crippen LogP contribution in [0.15, 0.2) is 35.3 Å². The summed E-state index contributed by atoms with van der Waals surface area (Å²) in [5, 5.41) is 8.84. The largest absolute Gasteiger partial charge is 0.480 e. The van der Waals surface area contributed by atoms with Crippen molar-refractivity contribution >= 4 is 38.6 Å². The number of ether oxygens (including phenoxy) is 1. The topological polar surface area (TPSA) is 113 Å². The Bertz CT molecular complexity index is 824. The Labute approximate surface area is 155 Å². The molecular weight excluding hydrogens is 380 g/mol. The van der Waals surface area contributed by atoms with E-state index in [2.05, 4.69) is 4.99 Å². The summed E-state index contributed by atoms with van der Waals surface area (Å²) in [4.78, 5) is 28.3. The van der Waals surface area contributed by atoms with Gasteiger partial charge in [-0.1, -0.05) is 42.1 Å². The van der Waals surface area contributed by atoms with E-state index in [1.807, 2.05) is 35.2 Å². The first-order valence-corrected chi connectivity index (χ1v) is 10.6. The fourth-order valence-corrected chi connectivity index (χ4v) is 6.93. The van der Waals surface area contributed by atoms with Crippen molar-refractivity contribution in [2.75, 3.05) is 24.7 Å². The first-order chi connectivity index (χ1) is 12.3. The predicted molar refractivity (Wildman–Crippen MR) is 96.7 cm³/mol. The number of amides is 1. The number of rotatable bonds is 6. The summed E-state index contributed by atoms with van der Waals surface area (Å²) in [5.41, 5.74) is 0.986. The van der Waals surface area contributed by atoms with Crippen molar-refractivity contribution in [1.82, 2.24) is 4.90 Å². The number of nitrogens with zero attached hydrogens (tertiary/aromatic N) is 2. The third-order valence-electron chi connectivity index (χ3n) is 4.04. The number of aliphatic carboxylic acids is 1. The van der Waals surface area contributed by atoms with Gasteiger partial charge in [-0.25, -0.2) is 13.2 Å². The number of carbonyl (C=O) groups is 2. The molecule has 0 aliphatic carbocycles. The number of hydrogen-bond acceptors (Lipinski definition) is 6. The van der Waals surface area contributed by atoms with E-state index in [0.29, 0.717) is 11.7 Å². The highest BCUT2D eigenvalue weighted by Crippen LogP contribution is 2.38. The summed E-state index contributed by atoms with van der Waals surface area (Å²) < 4.78 is 28.7. The van der Waals surface area contributed by atoms with Crippen LogP contribution in [-0.2, 0) is 30.7 Å². The molecule has 10 heteroatoms. The van der Waals surface area contributed by atoms with Gasteiger partial charge in [0.15, 0.2) is 15.0 Å². The van der Waals surface area contributed by atoms with E-state index in [4.69, 9.17) is 9.84 Å². The molecule has 8 nitrogen and oxygen atoms in total. The Morgan fingerprint density at radius 3 is 2.65 bits per heavy atom. The number of hydrogen-bond donors (Lipinski definition) is 1. The van der Waals surface area contributed by atoms with E-state index in [1.165, 1.54) is 11.8 Å². The van der Waals surface area contributed by atoms with Crippen LogP contribution in [-0.4, -0.2) is 71.5 Å². The van der Waals surface area contributed by atoms with Crippen molar-refractivity contribution in [3.05, 3.63) is 35.9 Å². The summed E-state index contributed by atoms with van der Waals surface area (Å²) in [5.74, 6) is -1.64. The van der Waals surface area contributed by atoms with E-state index in [-0.39, 0.29) is 22.8 Å². The maximum atomic E-state index is 12.0. The van der Waals surface area contributed by atoms with Crippen LogP contribution in [0.1, 0.15) is 5.56 Å². The minimum atomic E-state index is -3.10. The van der Waals surface area contributed by atoms with Crippen molar-refractivity contribution < 1.29 is 27.9 Å². The highest BCUT2D eigenvalue weighted by atomic mass is 32.2. The van der Waals surface area contributed by atoms with Gasteiger partial charge in [0.05, 0.1) is 17.5 Å². The number of sulfone groups is 1. The molecule has 0 unspecified atom stereocenters. The first kappa shape index (κ1) is 18.9. The lowest BCUT2D eigenvalue weighted by Crippen LogP contribution is -2.37. The summed E-state index contributed by atoms with van der Waals surface area (Å²) in [6.07, 6.45) is 0. The average molecular weight is 398 g/mol. The smallest absolute Gasteiger partial charge is 0.329 e. The van der Waals surface area contributed by atoms with Crippen molar-refractivity contribution in [3.63, 3.8) is 0 Å². The molecule has 1 N–H and O–H groups in total. The lowest BCUT2D eigenvalue weighted by atomic mass is 10.1. The average Bonchev–Trinajstić information content (AvgIpc) is 3.01. The summed E-state index contributed by atoms with van der Waals surface area (Å²) in [7, 11) is -3.10. The van der Waals surface area contributed by atoms with Gasteiger partial charge in [-0.3, -0.25) is 4.79 Å². The van der Waals surface area contributed by atoms with Crippen LogP contribution in [0.4, 0.5) is 0 Å². The zero-order chi connectivity index (χ0) is 18.7. The molecule has 3 rings (SSSR count). The zero-order valence-electron chi connectivity index (χ0n) is 13.8. The van der Waals surface area contributed by atoms with Crippen molar-refractivity contribution in [3.8, 4) is 0 Å². The Morgan fingerprint density at radius 1 is 1.23 bits per heavy atom. The van der Waals surface area contributed by atoms with Crippen LogP contribution in [0, 0.1) is 0 Å². The number of benzene rings is 1. The van der Waals surface area contributed by atoms with Crippen molar-refractivity contribution in [2.24, 2.45) is 4.99 Å². The summed E-state index contributed by atoms with van der Waals surface area (Å²) in [6, 6.07) is 9.31. The van der Waals surface area contributed by atoms with E-state index in [1.54, 1.807) is 0 Å². The fourth-order valence-electron chi connectivity index (χ4n) is 2.97. The number of aliphatic imine (C=N–C) groups is 1. The molecule has 0 aromatic heterocycles. The minimum absolute atomic E-state index is 0.0419. The molecule has 2 fully saturated rings. The van der Waals surface area contributed by atoms with Crippen molar-refractivity contribution in [2.45, 2.75) is 17.8 Å². The third kappa shape index (κ3) is 4.63. The van der Waals surface area contributed by atoms with E-state index in [9.17, 15) is 18.0 Å². The zero-order valence-corrected chi connectivity index (χ0v) is 15.4. The number of carboxylic acid groups (broad SMARTS) is 1. The van der Waals surface area contributed by atoms with Crippen molar-refractivity contribution in [1.29, 1.82) is 0 Å². The standard InChI is InChI=1S/C16H18N2O6S2/c19-14(7-24-8-15(20)21)17-16-18(6-11-4-2-1-3-5-11)12-9-26(22,23)10-13(12)25-16/h1-5,12-13H,6-10H2,(H,20,21)/t12-,13+/m1/s1. The second kappa shape index (κ2) is 7.77. The second-order valence-corrected chi connectivity index (χ2v) is 9.45. The number of amidine groups is 1. The molecule has 2 aliphatic heterocycles. The van der Waals surface area contributed by atoms with Gasteiger partial charge in [0, 0.05) is 11.8 Å². The molecule has 1 amide bonds. The molecule has 2 aliphatic rings. The highest BCUT2D eigenvalue weighted by molar-refractivity contribution is 8.15. The number of carbonyl (C=O) groups excluding carboxylic acids is 1. The van der Waals surface area contributed by atoms with Gasteiger partial charge in [0.25, 0.3) is 5.91 Å². The molecule has 0 saturated carbocycles. The van der Waals surface area contributed by atoms with Gasteiger partial charge in [0.2, 0.25) is 0 Å². The molecule has 1 aromatic rings. The molecule has 0 bridgehead atoms. The highest BCUT2D eigenvalue weighted by Gasteiger charge is 2.48. The van der Waals surface area contributed by atoms with E-state index in [0.717, 1.165) is 5.56 Å². The Balaban J connectivity index is 1.76. The Kier molecular flexibility index (Phi) is 5.64. The van der Waals surface area contributed by atoms with E-state index >= 15 is 0 Å². The van der Waals surface area contributed by atoms with Crippen LogP contribution in [0.2, 0.25) is 0 Å².